The minimum Gasteiger partial charge on any atom is -0.340 e. The Balaban J connectivity index is 1.76. The molecule has 2 fully saturated rings. The lowest BCUT2D eigenvalue weighted by Crippen LogP contribution is -2.49. The van der Waals surface area contributed by atoms with E-state index in [0.29, 0.717) is 41.8 Å². The minimum atomic E-state index is -0.643. The average molecular weight is 356 g/mol. The molecule has 2 aliphatic rings. The number of benzene rings is 1. The summed E-state index contributed by atoms with van der Waals surface area (Å²) in [5.74, 6) is -0.973. The van der Waals surface area contributed by atoms with Crippen molar-refractivity contribution < 1.29 is 9.59 Å². The molecule has 2 aliphatic heterocycles. The highest BCUT2D eigenvalue weighted by Crippen LogP contribution is 2.34. The molecule has 7 heteroatoms. The summed E-state index contributed by atoms with van der Waals surface area (Å²) in [5.41, 5.74) is 6.49. The number of halogens is 2. The fraction of sp³-hybridized carbons (Fsp3) is 0.500. The highest BCUT2D eigenvalue weighted by molar-refractivity contribution is 6.36. The van der Waals surface area contributed by atoms with Crippen LogP contribution in [0.3, 0.4) is 0 Å². The predicted molar refractivity (Wildman–Crippen MR) is 90.7 cm³/mol. The molecule has 2 saturated heterocycles. The van der Waals surface area contributed by atoms with Gasteiger partial charge in [-0.1, -0.05) is 23.2 Å². The van der Waals surface area contributed by atoms with Crippen LogP contribution >= 0.6 is 23.2 Å². The molecule has 0 aliphatic carbocycles. The van der Waals surface area contributed by atoms with Crippen molar-refractivity contribution in [2.24, 2.45) is 11.7 Å². The molecule has 0 spiro atoms. The van der Waals surface area contributed by atoms with Crippen molar-refractivity contribution in [2.75, 3.05) is 24.5 Å². The highest BCUT2D eigenvalue weighted by atomic mass is 35.5. The fourth-order valence-electron chi connectivity index (χ4n) is 3.27. The Bertz CT molecular complexity index is 638. The number of nitrogens with zero attached hydrogens (tertiary/aromatic N) is 2. The Morgan fingerprint density at radius 1 is 1.22 bits per heavy atom. The summed E-state index contributed by atoms with van der Waals surface area (Å²) in [5, 5.41) is 0.963. The second-order valence-electron chi connectivity index (χ2n) is 6.11. The molecule has 2 atom stereocenters. The molecule has 2 heterocycles. The van der Waals surface area contributed by atoms with Crippen LogP contribution in [-0.4, -0.2) is 42.4 Å². The van der Waals surface area contributed by atoms with E-state index in [2.05, 4.69) is 0 Å². The first-order valence-electron chi connectivity index (χ1n) is 7.78. The lowest BCUT2D eigenvalue weighted by Gasteiger charge is -2.32. The molecule has 2 amide bonds. The largest absolute Gasteiger partial charge is 0.340 e. The molecular formula is C16H19Cl2N3O2. The molecular weight excluding hydrogens is 337 g/mol. The number of carbonyl (C=O) groups is 2. The normalized spacial score (nSPS) is 25.1. The Kier molecular flexibility index (Phi) is 4.80. The van der Waals surface area contributed by atoms with E-state index in [4.69, 9.17) is 28.9 Å². The monoisotopic (exact) mass is 355 g/mol. The molecule has 2 N–H and O–H groups in total. The van der Waals surface area contributed by atoms with Gasteiger partial charge in [0.15, 0.2) is 0 Å². The van der Waals surface area contributed by atoms with Gasteiger partial charge in [-0.25, -0.2) is 0 Å². The van der Waals surface area contributed by atoms with E-state index in [0.717, 1.165) is 12.8 Å². The second kappa shape index (κ2) is 6.67. The third kappa shape index (κ3) is 3.32. The van der Waals surface area contributed by atoms with Crippen LogP contribution in [0, 0.1) is 5.92 Å². The first-order valence-corrected chi connectivity index (χ1v) is 8.54. The standard InChI is InChI=1S/C16H19Cl2N3O2/c17-10-3-4-13(18)14(8-10)21-7-5-12(16(21)23)15(22)20-6-1-2-11(19)9-20/h3-4,8,11-12H,1-2,5-7,9,19H2/t11-,12+/m1/s1. The quantitative estimate of drug-likeness (QED) is 0.827. The van der Waals surface area contributed by atoms with Gasteiger partial charge >= 0.3 is 0 Å². The zero-order chi connectivity index (χ0) is 16.6. The maximum absolute atomic E-state index is 12.7. The van der Waals surface area contributed by atoms with Crippen LogP contribution in [0.1, 0.15) is 19.3 Å². The van der Waals surface area contributed by atoms with E-state index in [9.17, 15) is 9.59 Å². The molecule has 0 aromatic heterocycles. The number of nitrogens with two attached hydrogens (primary N) is 1. The van der Waals surface area contributed by atoms with Crippen molar-refractivity contribution in [1.29, 1.82) is 0 Å². The van der Waals surface area contributed by atoms with Gasteiger partial charge in [0.25, 0.3) is 0 Å². The van der Waals surface area contributed by atoms with Crippen molar-refractivity contribution in [1.82, 2.24) is 4.90 Å². The van der Waals surface area contributed by atoms with Crippen LogP contribution in [0.5, 0.6) is 0 Å². The average Bonchev–Trinajstić information content (AvgIpc) is 2.90. The number of piperidine rings is 1. The van der Waals surface area contributed by atoms with Crippen LogP contribution in [0.25, 0.3) is 0 Å². The summed E-state index contributed by atoms with van der Waals surface area (Å²) in [7, 11) is 0. The van der Waals surface area contributed by atoms with Gasteiger partial charge in [-0.05, 0) is 37.5 Å². The topological polar surface area (TPSA) is 66.6 Å². The van der Waals surface area contributed by atoms with E-state index < -0.39 is 5.92 Å². The maximum Gasteiger partial charge on any atom is 0.239 e. The molecule has 3 rings (SSSR count). The van der Waals surface area contributed by atoms with Crippen LogP contribution in [0.4, 0.5) is 5.69 Å². The molecule has 0 unspecified atom stereocenters. The predicted octanol–water partition coefficient (Wildman–Crippen LogP) is 2.30. The number of hydrogen-bond acceptors (Lipinski definition) is 3. The summed E-state index contributed by atoms with van der Waals surface area (Å²) >= 11 is 12.2. The number of carbonyl (C=O) groups excluding carboxylic acids is 2. The summed E-state index contributed by atoms with van der Waals surface area (Å²) in [6, 6.07) is 4.99. The molecule has 0 bridgehead atoms. The van der Waals surface area contributed by atoms with Gasteiger partial charge in [0, 0.05) is 30.7 Å². The molecule has 0 radical (unpaired) electrons. The Hall–Kier alpha value is -1.30. The van der Waals surface area contributed by atoms with Gasteiger partial charge in [-0.3, -0.25) is 9.59 Å². The molecule has 124 valence electrons. The van der Waals surface area contributed by atoms with E-state index in [-0.39, 0.29) is 17.9 Å². The summed E-state index contributed by atoms with van der Waals surface area (Å²) in [6.45, 7) is 1.67. The van der Waals surface area contributed by atoms with Crippen molar-refractivity contribution in [3.8, 4) is 0 Å². The summed E-state index contributed by atoms with van der Waals surface area (Å²) in [6.07, 6.45) is 2.30. The Morgan fingerprint density at radius 3 is 2.74 bits per heavy atom. The SMILES string of the molecule is N[C@@H]1CCCN(C(=O)[C@@H]2CCN(c3cc(Cl)ccc3Cl)C2=O)C1. The molecule has 1 aromatic carbocycles. The zero-order valence-electron chi connectivity index (χ0n) is 12.7. The van der Waals surface area contributed by atoms with Gasteiger partial charge in [-0.2, -0.15) is 0 Å². The second-order valence-corrected chi connectivity index (χ2v) is 6.96. The molecule has 23 heavy (non-hydrogen) atoms. The number of hydrogen-bond donors (Lipinski definition) is 1. The Morgan fingerprint density at radius 2 is 2.00 bits per heavy atom. The lowest BCUT2D eigenvalue weighted by molar-refractivity contribution is -0.140. The van der Waals surface area contributed by atoms with Gasteiger partial charge in [0.05, 0.1) is 10.7 Å². The molecule has 5 nitrogen and oxygen atoms in total. The number of rotatable bonds is 2. The van der Waals surface area contributed by atoms with E-state index in [1.54, 1.807) is 28.0 Å². The first-order chi connectivity index (χ1) is 11.0. The number of anilines is 1. The van der Waals surface area contributed by atoms with Crippen LogP contribution in [-0.2, 0) is 9.59 Å². The number of amides is 2. The fourth-order valence-corrected chi connectivity index (χ4v) is 3.66. The van der Waals surface area contributed by atoms with Crippen LogP contribution < -0.4 is 10.6 Å². The highest BCUT2D eigenvalue weighted by Gasteiger charge is 2.40. The summed E-state index contributed by atoms with van der Waals surface area (Å²) in [4.78, 5) is 28.6. The minimum absolute atomic E-state index is 0.00248. The summed E-state index contributed by atoms with van der Waals surface area (Å²) < 4.78 is 0. The molecule has 1 aromatic rings. The van der Waals surface area contributed by atoms with Crippen LogP contribution in [0.2, 0.25) is 10.0 Å². The third-order valence-electron chi connectivity index (χ3n) is 4.47. The van der Waals surface area contributed by atoms with Gasteiger partial charge in [-0.15, -0.1) is 0 Å². The third-order valence-corrected chi connectivity index (χ3v) is 5.03. The van der Waals surface area contributed by atoms with Gasteiger partial charge in [0.2, 0.25) is 11.8 Å². The maximum atomic E-state index is 12.7. The smallest absolute Gasteiger partial charge is 0.239 e. The first kappa shape index (κ1) is 16.6. The lowest BCUT2D eigenvalue weighted by atomic mass is 10.0. The van der Waals surface area contributed by atoms with Crippen molar-refractivity contribution in [2.45, 2.75) is 25.3 Å². The van der Waals surface area contributed by atoms with Gasteiger partial charge < -0.3 is 15.5 Å². The van der Waals surface area contributed by atoms with Crippen LogP contribution in [0.15, 0.2) is 18.2 Å². The van der Waals surface area contributed by atoms with E-state index in [1.165, 1.54) is 0 Å². The van der Waals surface area contributed by atoms with E-state index >= 15 is 0 Å². The van der Waals surface area contributed by atoms with Crippen molar-refractivity contribution in [3.63, 3.8) is 0 Å². The van der Waals surface area contributed by atoms with Crippen molar-refractivity contribution >= 4 is 40.7 Å². The van der Waals surface area contributed by atoms with Crippen molar-refractivity contribution in [3.05, 3.63) is 28.2 Å². The molecule has 0 saturated carbocycles. The Labute approximate surface area is 145 Å². The zero-order valence-corrected chi connectivity index (χ0v) is 14.2. The van der Waals surface area contributed by atoms with E-state index in [1.807, 2.05) is 0 Å². The van der Waals surface area contributed by atoms with Gasteiger partial charge in [0.1, 0.15) is 5.92 Å². The number of likely N-dealkylation sites (tertiary alicyclic amines) is 1.